The van der Waals surface area contributed by atoms with Gasteiger partial charge >= 0.3 is 0 Å². The van der Waals surface area contributed by atoms with Crippen LogP contribution in [0.2, 0.25) is 0 Å². The van der Waals surface area contributed by atoms with Gasteiger partial charge in [0.1, 0.15) is 0 Å². The van der Waals surface area contributed by atoms with Crippen molar-refractivity contribution in [1.29, 1.82) is 0 Å². The molecule has 5 nitrogen and oxygen atoms in total. The minimum absolute atomic E-state index is 0.0603. The van der Waals surface area contributed by atoms with Gasteiger partial charge in [-0.25, -0.2) is 12.7 Å². The van der Waals surface area contributed by atoms with Crippen molar-refractivity contribution in [2.75, 3.05) is 19.3 Å². The summed E-state index contributed by atoms with van der Waals surface area (Å²) in [6.07, 6.45) is 7.47. The summed E-state index contributed by atoms with van der Waals surface area (Å²) < 4.78 is 27.1. The van der Waals surface area contributed by atoms with Gasteiger partial charge in [-0.1, -0.05) is 13.8 Å². The molecule has 2 atom stereocenters. The lowest BCUT2D eigenvalue weighted by atomic mass is 9.99. The Labute approximate surface area is 128 Å². The van der Waals surface area contributed by atoms with Crippen molar-refractivity contribution in [3.8, 4) is 0 Å². The molecule has 21 heavy (non-hydrogen) atoms. The van der Waals surface area contributed by atoms with Crippen LogP contribution in [0.4, 0.5) is 0 Å². The summed E-state index contributed by atoms with van der Waals surface area (Å²) in [7, 11) is -3.07. The third-order valence-electron chi connectivity index (χ3n) is 4.30. The molecule has 1 aromatic heterocycles. The van der Waals surface area contributed by atoms with E-state index in [-0.39, 0.29) is 6.04 Å². The van der Waals surface area contributed by atoms with Gasteiger partial charge in [-0.05, 0) is 36.3 Å². The van der Waals surface area contributed by atoms with E-state index in [9.17, 15) is 8.42 Å². The molecule has 1 aliphatic rings. The first-order chi connectivity index (χ1) is 9.77. The summed E-state index contributed by atoms with van der Waals surface area (Å²) in [6.45, 7) is 6.38. The Morgan fingerprint density at radius 1 is 1.43 bits per heavy atom. The van der Waals surface area contributed by atoms with E-state index in [2.05, 4.69) is 36.9 Å². The van der Waals surface area contributed by atoms with E-state index in [1.165, 1.54) is 6.26 Å². The SMILES string of the molecule is CC(C)C(N)c1ccn(CC2CCCN(S(C)(=O)=O)C2)c1. The van der Waals surface area contributed by atoms with Crippen LogP contribution < -0.4 is 5.73 Å². The Bertz CT molecular complexity index is 565. The fourth-order valence-electron chi connectivity index (χ4n) is 2.93. The zero-order chi connectivity index (χ0) is 15.6. The van der Waals surface area contributed by atoms with Crippen LogP contribution in [0.5, 0.6) is 0 Å². The maximum absolute atomic E-state index is 11.7. The van der Waals surface area contributed by atoms with Gasteiger partial charge < -0.3 is 10.3 Å². The first-order valence-corrected chi connectivity index (χ1v) is 9.48. The normalized spacial score (nSPS) is 22.6. The fraction of sp³-hybridized carbons (Fsp3) is 0.733. The zero-order valence-electron chi connectivity index (χ0n) is 13.2. The second-order valence-corrected chi connectivity index (χ2v) is 8.52. The lowest BCUT2D eigenvalue weighted by Gasteiger charge is -2.31. The molecule has 1 fully saturated rings. The largest absolute Gasteiger partial charge is 0.354 e. The first kappa shape index (κ1) is 16.5. The highest BCUT2D eigenvalue weighted by Gasteiger charge is 2.26. The molecule has 120 valence electrons. The van der Waals surface area contributed by atoms with Gasteiger partial charge in [-0.3, -0.25) is 0 Å². The molecule has 0 aromatic carbocycles. The molecule has 2 unspecified atom stereocenters. The number of nitrogens with two attached hydrogens (primary N) is 1. The van der Waals surface area contributed by atoms with Crippen molar-refractivity contribution in [2.24, 2.45) is 17.6 Å². The molecule has 0 radical (unpaired) electrons. The fourth-order valence-corrected chi connectivity index (χ4v) is 3.87. The number of sulfonamides is 1. The van der Waals surface area contributed by atoms with Crippen LogP contribution in [0.1, 0.15) is 38.3 Å². The van der Waals surface area contributed by atoms with Crippen LogP contribution in [0.15, 0.2) is 18.5 Å². The molecule has 1 saturated heterocycles. The molecule has 0 bridgehead atoms. The predicted molar refractivity (Wildman–Crippen MR) is 85.3 cm³/mol. The number of hydrogen-bond acceptors (Lipinski definition) is 3. The molecule has 0 aliphatic carbocycles. The molecule has 2 rings (SSSR count). The average molecular weight is 313 g/mol. The Morgan fingerprint density at radius 3 is 2.76 bits per heavy atom. The van der Waals surface area contributed by atoms with E-state index in [1.54, 1.807) is 4.31 Å². The zero-order valence-corrected chi connectivity index (χ0v) is 14.0. The van der Waals surface area contributed by atoms with Crippen LogP contribution in [0.3, 0.4) is 0 Å². The highest BCUT2D eigenvalue weighted by molar-refractivity contribution is 7.88. The van der Waals surface area contributed by atoms with Gasteiger partial charge in [0.05, 0.1) is 6.26 Å². The van der Waals surface area contributed by atoms with Gasteiger partial charge in [0.15, 0.2) is 0 Å². The van der Waals surface area contributed by atoms with Crippen LogP contribution in [0, 0.1) is 11.8 Å². The maximum Gasteiger partial charge on any atom is 0.211 e. The minimum Gasteiger partial charge on any atom is -0.354 e. The predicted octanol–water partition coefficient (Wildman–Crippen LogP) is 1.82. The van der Waals surface area contributed by atoms with E-state index in [0.717, 1.165) is 24.9 Å². The summed E-state index contributed by atoms with van der Waals surface area (Å²) in [5.41, 5.74) is 7.32. The molecule has 1 aromatic rings. The Kier molecular flexibility index (Phi) is 5.11. The number of hydrogen-bond donors (Lipinski definition) is 1. The van der Waals surface area contributed by atoms with Crippen LogP contribution in [-0.4, -0.2) is 36.6 Å². The van der Waals surface area contributed by atoms with Crippen LogP contribution >= 0.6 is 0 Å². The molecule has 6 heteroatoms. The maximum atomic E-state index is 11.7. The van der Waals surface area contributed by atoms with Crippen molar-refractivity contribution >= 4 is 10.0 Å². The van der Waals surface area contributed by atoms with Crippen molar-refractivity contribution < 1.29 is 8.42 Å². The van der Waals surface area contributed by atoms with E-state index in [0.29, 0.717) is 24.9 Å². The lowest BCUT2D eigenvalue weighted by molar-refractivity contribution is 0.246. The van der Waals surface area contributed by atoms with Gasteiger partial charge in [-0.2, -0.15) is 0 Å². The standard InChI is InChI=1S/C15H27N3O2S/c1-12(2)15(16)14-6-8-17(11-14)9-13-5-4-7-18(10-13)21(3,19)20/h6,8,11-13,15H,4-5,7,9-10,16H2,1-3H3. The Balaban J connectivity index is 1.99. The molecular formula is C15H27N3O2S. The van der Waals surface area contributed by atoms with Gasteiger partial charge in [0, 0.05) is 38.1 Å². The molecule has 2 N–H and O–H groups in total. The van der Waals surface area contributed by atoms with E-state index >= 15 is 0 Å². The topological polar surface area (TPSA) is 68.3 Å². The smallest absolute Gasteiger partial charge is 0.211 e. The first-order valence-electron chi connectivity index (χ1n) is 7.63. The van der Waals surface area contributed by atoms with Gasteiger partial charge in [-0.15, -0.1) is 0 Å². The minimum atomic E-state index is -3.07. The quantitative estimate of drug-likeness (QED) is 0.901. The summed E-state index contributed by atoms with van der Waals surface area (Å²) in [5, 5.41) is 0. The van der Waals surface area contributed by atoms with Gasteiger partial charge in [0.25, 0.3) is 0 Å². The highest BCUT2D eigenvalue weighted by Crippen LogP contribution is 2.23. The number of rotatable bonds is 5. The molecule has 2 heterocycles. The number of piperidine rings is 1. The molecule has 0 saturated carbocycles. The van der Waals surface area contributed by atoms with Crippen molar-refractivity contribution in [2.45, 2.75) is 39.3 Å². The highest BCUT2D eigenvalue weighted by atomic mass is 32.2. The summed E-state index contributed by atoms with van der Waals surface area (Å²) in [4.78, 5) is 0. The second-order valence-electron chi connectivity index (χ2n) is 6.54. The third kappa shape index (κ3) is 4.31. The Morgan fingerprint density at radius 2 is 2.14 bits per heavy atom. The third-order valence-corrected chi connectivity index (χ3v) is 5.57. The summed E-state index contributed by atoms with van der Waals surface area (Å²) >= 11 is 0. The van der Waals surface area contributed by atoms with Crippen molar-refractivity contribution in [1.82, 2.24) is 8.87 Å². The van der Waals surface area contributed by atoms with E-state index in [4.69, 9.17) is 5.73 Å². The molecule has 0 spiro atoms. The summed E-state index contributed by atoms with van der Waals surface area (Å²) in [5.74, 6) is 0.792. The van der Waals surface area contributed by atoms with Gasteiger partial charge in [0.2, 0.25) is 10.0 Å². The van der Waals surface area contributed by atoms with Crippen LogP contribution in [-0.2, 0) is 16.6 Å². The molecule has 0 amide bonds. The molecule has 1 aliphatic heterocycles. The lowest BCUT2D eigenvalue weighted by Crippen LogP contribution is -2.40. The summed E-state index contributed by atoms with van der Waals surface area (Å²) in [6, 6.07) is 2.13. The van der Waals surface area contributed by atoms with E-state index < -0.39 is 10.0 Å². The van der Waals surface area contributed by atoms with Crippen molar-refractivity contribution in [3.05, 3.63) is 24.0 Å². The van der Waals surface area contributed by atoms with E-state index in [1.807, 2.05) is 0 Å². The second kappa shape index (κ2) is 6.50. The molecular weight excluding hydrogens is 286 g/mol. The average Bonchev–Trinajstić information content (AvgIpc) is 2.85. The Hall–Kier alpha value is -0.850. The number of nitrogens with zero attached hydrogens (tertiary/aromatic N) is 2. The van der Waals surface area contributed by atoms with Crippen LogP contribution in [0.25, 0.3) is 0 Å². The number of aromatic nitrogens is 1. The monoisotopic (exact) mass is 313 g/mol. The van der Waals surface area contributed by atoms with Crippen molar-refractivity contribution in [3.63, 3.8) is 0 Å².